The van der Waals surface area contributed by atoms with Crippen LogP contribution in [-0.2, 0) is 19.5 Å². The van der Waals surface area contributed by atoms with Gasteiger partial charge in [0.25, 0.3) is 5.91 Å². The molecule has 0 fully saturated rings. The first-order valence-corrected chi connectivity index (χ1v) is 10.4. The van der Waals surface area contributed by atoms with E-state index < -0.39 is 50.2 Å². The van der Waals surface area contributed by atoms with Crippen LogP contribution in [-0.4, -0.2) is 32.4 Å². The van der Waals surface area contributed by atoms with Crippen molar-refractivity contribution in [2.45, 2.75) is 30.4 Å². The van der Waals surface area contributed by atoms with E-state index in [2.05, 4.69) is 10.5 Å². The number of sulfone groups is 1. The number of amides is 1. The van der Waals surface area contributed by atoms with Gasteiger partial charge < -0.3 is 10.2 Å². The molecule has 1 N–H and O–H groups in total. The van der Waals surface area contributed by atoms with Crippen molar-refractivity contribution in [3.63, 3.8) is 0 Å². The number of rotatable bonds is 5. The summed E-state index contributed by atoms with van der Waals surface area (Å²) in [6.07, 6.45) is -0.234. The average molecular weight is 426 g/mol. The average Bonchev–Trinajstić information content (AvgIpc) is 3.12. The van der Waals surface area contributed by atoms with Crippen LogP contribution in [0.1, 0.15) is 30.5 Å². The lowest BCUT2D eigenvalue weighted by Gasteiger charge is -2.17. The van der Waals surface area contributed by atoms with Crippen LogP contribution in [0, 0.1) is 17.5 Å². The Kier molecular flexibility index (Phi) is 5.65. The van der Waals surface area contributed by atoms with Gasteiger partial charge in [0.05, 0.1) is 11.8 Å². The Morgan fingerprint density at radius 1 is 1.17 bits per heavy atom. The molecule has 0 bridgehead atoms. The molecule has 0 aromatic heterocycles. The standard InChI is InChI=1S/C19H17F3N2O4S/c1-10(11-3-6-18(15(22)7-11)29(2,26)27)23-19(25)17-9-16(24-28-17)13-8-12(20)4-5-14(13)21/h3-8,10,17H,9H2,1-2H3,(H,23,25)/t10-,17+/m1/s1. The van der Waals surface area contributed by atoms with Gasteiger partial charge in [0.15, 0.2) is 9.84 Å². The first kappa shape index (κ1) is 20.8. The fourth-order valence-corrected chi connectivity index (χ4v) is 3.60. The zero-order valence-electron chi connectivity index (χ0n) is 15.4. The summed E-state index contributed by atoms with van der Waals surface area (Å²) in [7, 11) is -3.71. The molecule has 154 valence electrons. The third kappa shape index (κ3) is 4.58. The Hall–Kier alpha value is -2.88. The highest BCUT2D eigenvalue weighted by Crippen LogP contribution is 2.23. The van der Waals surface area contributed by atoms with Crippen molar-refractivity contribution < 1.29 is 31.2 Å². The van der Waals surface area contributed by atoms with Crippen molar-refractivity contribution in [1.29, 1.82) is 0 Å². The molecule has 2 atom stereocenters. The molecule has 1 amide bonds. The van der Waals surface area contributed by atoms with E-state index in [1.54, 1.807) is 6.92 Å². The van der Waals surface area contributed by atoms with Crippen molar-refractivity contribution >= 4 is 21.5 Å². The maximum absolute atomic E-state index is 14.1. The summed E-state index contributed by atoms with van der Waals surface area (Å²) in [5.74, 6) is -2.84. The number of nitrogens with zero attached hydrogens (tertiary/aromatic N) is 1. The maximum atomic E-state index is 14.1. The Bertz CT molecular complexity index is 1100. The van der Waals surface area contributed by atoms with E-state index >= 15 is 0 Å². The minimum Gasteiger partial charge on any atom is -0.382 e. The molecular formula is C19H17F3N2O4S. The lowest BCUT2D eigenvalue weighted by molar-refractivity contribution is -0.131. The molecule has 2 aromatic rings. The molecule has 0 saturated heterocycles. The van der Waals surface area contributed by atoms with Gasteiger partial charge >= 0.3 is 0 Å². The molecule has 10 heteroatoms. The lowest BCUT2D eigenvalue weighted by atomic mass is 10.0. The van der Waals surface area contributed by atoms with Crippen LogP contribution >= 0.6 is 0 Å². The van der Waals surface area contributed by atoms with Crippen LogP contribution < -0.4 is 5.32 Å². The number of benzene rings is 2. The SMILES string of the molecule is C[C@@H](NC(=O)[C@@H]1CC(c2cc(F)ccc2F)=NO1)c1ccc(S(C)(=O)=O)c(F)c1. The van der Waals surface area contributed by atoms with Crippen molar-refractivity contribution in [2.24, 2.45) is 5.16 Å². The van der Waals surface area contributed by atoms with Crippen LogP contribution in [0.25, 0.3) is 0 Å². The van der Waals surface area contributed by atoms with Crippen LogP contribution in [0.3, 0.4) is 0 Å². The molecule has 0 radical (unpaired) electrons. The number of halogens is 3. The Balaban J connectivity index is 1.67. The minimum absolute atomic E-state index is 0.0691. The van der Waals surface area contributed by atoms with Gasteiger partial charge in [-0.1, -0.05) is 11.2 Å². The monoisotopic (exact) mass is 426 g/mol. The van der Waals surface area contributed by atoms with E-state index in [4.69, 9.17) is 4.84 Å². The third-order valence-corrected chi connectivity index (χ3v) is 5.54. The van der Waals surface area contributed by atoms with Gasteiger partial charge in [-0.25, -0.2) is 21.6 Å². The molecule has 0 spiro atoms. The molecular weight excluding hydrogens is 409 g/mol. The molecule has 3 rings (SSSR count). The first-order chi connectivity index (χ1) is 13.6. The fourth-order valence-electron chi connectivity index (χ4n) is 2.87. The summed E-state index contributed by atoms with van der Waals surface area (Å²) in [5.41, 5.74) is 0.351. The highest BCUT2D eigenvalue weighted by Gasteiger charge is 2.31. The van der Waals surface area contributed by atoms with Crippen LogP contribution in [0.15, 0.2) is 46.4 Å². The van der Waals surface area contributed by atoms with Crippen LogP contribution in [0.4, 0.5) is 13.2 Å². The number of hydrogen-bond donors (Lipinski definition) is 1. The van der Waals surface area contributed by atoms with Gasteiger partial charge in [-0.05, 0) is 42.8 Å². The molecule has 2 aromatic carbocycles. The zero-order valence-corrected chi connectivity index (χ0v) is 16.3. The summed E-state index contributed by atoms with van der Waals surface area (Å²) in [4.78, 5) is 17.0. The van der Waals surface area contributed by atoms with Gasteiger partial charge in [-0.3, -0.25) is 4.79 Å². The molecule has 6 nitrogen and oxygen atoms in total. The highest BCUT2D eigenvalue weighted by molar-refractivity contribution is 7.90. The van der Waals surface area contributed by atoms with Gasteiger partial charge in [-0.15, -0.1) is 0 Å². The number of carbonyl (C=O) groups is 1. The second-order valence-corrected chi connectivity index (χ2v) is 8.64. The number of oxime groups is 1. The lowest BCUT2D eigenvalue weighted by Crippen LogP contribution is -2.36. The predicted octanol–water partition coefficient (Wildman–Crippen LogP) is 2.88. The van der Waals surface area contributed by atoms with Gasteiger partial charge in [0, 0.05) is 18.2 Å². The van der Waals surface area contributed by atoms with E-state index in [0.29, 0.717) is 5.56 Å². The number of nitrogens with one attached hydrogen (secondary N) is 1. The van der Waals surface area contributed by atoms with E-state index in [9.17, 15) is 26.4 Å². The summed E-state index contributed by atoms with van der Waals surface area (Å²) < 4.78 is 64.2. The minimum atomic E-state index is -3.71. The third-order valence-electron chi connectivity index (χ3n) is 4.41. The largest absolute Gasteiger partial charge is 0.382 e. The molecule has 1 heterocycles. The van der Waals surface area contributed by atoms with Crippen molar-refractivity contribution in [3.8, 4) is 0 Å². The molecule has 0 unspecified atom stereocenters. The van der Waals surface area contributed by atoms with E-state index in [-0.39, 0.29) is 17.7 Å². The summed E-state index contributed by atoms with van der Waals surface area (Å²) in [6.45, 7) is 1.58. The van der Waals surface area contributed by atoms with Gasteiger partial charge in [0.2, 0.25) is 6.10 Å². The van der Waals surface area contributed by atoms with Gasteiger partial charge in [0.1, 0.15) is 22.3 Å². The Labute approximate surface area is 165 Å². The summed E-state index contributed by atoms with van der Waals surface area (Å²) >= 11 is 0. The molecule has 29 heavy (non-hydrogen) atoms. The quantitative estimate of drug-likeness (QED) is 0.797. The topological polar surface area (TPSA) is 84.8 Å². The van der Waals surface area contributed by atoms with E-state index in [0.717, 1.165) is 36.6 Å². The van der Waals surface area contributed by atoms with Crippen LogP contribution in [0.2, 0.25) is 0 Å². The van der Waals surface area contributed by atoms with Crippen molar-refractivity contribution in [3.05, 3.63) is 65.0 Å². The van der Waals surface area contributed by atoms with Crippen molar-refractivity contribution in [1.82, 2.24) is 5.32 Å². The smallest absolute Gasteiger partial charge is 0.264 e. The Morgan fingerprint density at radius 3 is 2.55 bits per heavy atom. The van der Waals surface area contributed by atoms with Crippen molar-refractivity contribution in [2.75, 3.05) is 6.26 Å². The predicted molar refractivity (Wildman–Crippen MR) is 98.5 cm³/mol. The maximum Gasteiger partial charge on any atom is 0.264 e. The second-order valence-electron chi connectivity index (χ2n) is 6.65. The molecule has 1 aliphatic rings. The molecule has 0 saturated carbocycles. The van der Waals surface area contributed by atoms with Gasteiger partial charge in [-0.2, -0.15) is 0 Å². The zero-order chi connectivity index (χ0) is 21.3. The molecule has 1 aliphatic heterocycles. The summed E-state index contributed by atoms with van der Waals surface area (Å²) in [6, 6.07) is 5.77. The highest BCUT2D eigenvalue weighted by atomic mass is 32.2. The molecule has 0 aliphatic carbocycles. The summed E-state index contributed by atoms with van der Waals surface area (Å²) in [5, 5.41) is 6.27. The second kappa shape index (κ2) is 7.86. The fraction of sp³-hybridized carbons (Fsp3) is 0.263. The van der Waals surface area contributed by atoms with Crippen LogP contribution in [0.5, 0.6) is 0 Å². The normalized spacial score (nSPS) is 17.4. The first-order valence-electron chi connectivity index (χ1n) is 8.54. The van der Waals surface area contributed by atoms with E-state index in [1.165, 1.54) is 6.07 Å². The number of carbonyl (C=O) groups excluding carboxylic acids is 1. The number of hydrogen-bond acceptors (Lipinski definition) is 5. The Morgan fingerprint density at radius 2 is 1.90 bits per heavy atom. The van der Waals surface area contributed by atoms with E-state index in [1.807, 2.05) is 0 Å².